The van der Waals surface area contributed by atoms with Gasteiger partial charge in [0.15, 0.2) is 0 Å². The van der Waals surface area contributed by atoms with Crippen molar-refractivity contribution < 1.29 is 0 Å². The molecule has 6 heteroatoms. The predicted octanol–water partition coefficient (Wildman–Crippen LogP) is 6.72. The molecule has 2 heterocycles. The highest BCUT2D eigenvalue weighted by atomic mass is 35.5. The Kier molecular flexibility index (Phi) is 4.34. The minimum absolute atomic E-state index is 0.549. The van der Waals surface area contributed by atoms with Crippen molar-refractivity contribution in [3.63, 3.8) is 0 Å². The van der Waals surface area contributed by atoms with Gasteiger partial charge in [0.2, 0.25) is 0 Å². The van der Waals surface area contributed by atoms with E-state index in [1.54, 1.807) is 29.8 Å². The monoisotopic (exact) mass is 385 g/mol. The average molecular weight is 386 g/mol. The zero-order valence-electron chi connectivity index (χ0n) is 13.3. The van der Waals surface area contributed by atoms with E-state index in [9.17, 15) is 0 Å². The second kappa shape index (κ2) is 6.64. The maximum absolute atomic E-state index is 6.30. The van der Waals surface area contributed by atoms with Gasteiger partial charge in [-0.15, -0.1) is 11.3 Å². The summed E-state index contributed by atoms with van der Waals surface area (Å²) >= 11 is 14.3. The number of nitrogens with zero attached hydrogens (tertiary/aromatic N) is 2. The largest absolute Gasteiger partial charge is 0.337 e. The standard InChI is InChI=1S/C19H13Cl2N3S/c1-11-15(12-6-3-2-4-7-12)16-18(22-10-23-19(16)25-11)24-17-13(20)8-5-9-14(17)21/h2-10H,1H3,(H,22,23,24). The smallest absolute Gasteiger partial charge is 0.143 e. The molecule has 2 aromatic carbocycles. The summed E-state index contributed by atoms with van der Waals surface area (Å²) in [5.74, 6) is 0.697. The number of benzene rings is 2. The van der Waals surface area contributed by atoms with Gasteiger partial charge >= 0.3 is 0 Å². The van der Waals surface area contributed by atoms with Crippen LogP contribution in [0.25, 0.3) is 21.3 Å². The summed E-state index contributed by atoms with van der Waals surface area (Å²) in [6.45, 7) is 2.10. The van der Waals surface area contributed by atoms with Crippen molar-refractivity contribution in [3.05, 3.63) is 69.8 Å². The number of aryl methyl sites for hydroxylation is 1. The molecule has 124 valence electrons. The summed E-state index contributed by atoms with van der Waals surface area (Å²) in [5.41, 5.74) is 2.91. The van der Waals surface area contributed by atoms with Crippen LogP contribution in [0.1, 0.15) is 4.88 Å². The SMILES string of the molecule is Cc1sc2ncnc(Nc3c(Cl)cccc3Cl)c2c1-c1ccccc1. The molecular weight excluding hydrogens is 373 g/mol. The van der Waals surface area contributed by atoms with Crippen molar-refractivity contribution >= 4 is 56.3 Å². The van der Waals surface area contributed by atoms with Gasteiger partial charge in [-0.2, -0.15) is 0 Å². The first-order chi connectivity index (χ1) is 12.1. The van der Waals surface area contributed by atoms with Crippen LogP contribution in [-0.2, 0) is 0 Å². The van der Waals surface area contributed by atoms with E-state index < -0.39 is 0 Å². The van der Waals surface area contributed by atoms with E-state index in [1.807, 2.05) is 24.3 Å². The van der Waals surface area contributed by atoms with Gasteiger partial charge in [0, 0.05) is 10.4 Å². The van der Waals surface area contributed by atoms with Crippen LogP contribution in [0.5, 0.6) is 0 Å². The number of fused-ring (bicyclic) bond motifs is 1. The third-order valence-electron chi connectivity index (χ3n) is 3.93. The number of para-hydroxylation sites is 1. The van der Waals surface area contributed by atoms with E-state index in [2.05, 4.69) is 34.3 Å². The number of halogens is 2. The Morgan fingerprint density at radius 3 is 2.36 bits per heavy atom. The lowest BCUT2D eigenvalue weighted by atomic mass is 10.0. The van der Waals surface area contributed by atoms with Crippen LogP contribution < -0.4 is 5.32 Å². The lowest BCUT2D eigenvalue weighted by Gasteiger charge is -2.11. The third-order valence-corrected chi connectivity index (χ3v) is 5.58. The molecule has 2 aromatic heterocycles. The van der Waals surface area contributed by atoms with Gasteiger partial charge in [-0.3, -0.25) is 0 Å². The lowest BCUT2D eigenvalue weighted by molar-refractivity contribution is 1.23. The van der Waals surface area contributed by atoms with Crippen molar-refractivity contribution in [3.8, 4) is 11.1 Å². The minimum atomic E-state index is 0.549. The van der Waals surface area contributed by atoms with Crippen LogP contribution in [0.4, 0.5) is 11.5 Å². The molecule has 0 unspecified atom stereocenters. The summed E-state index contributed by atoms with van der Waals surface area (Å²) in [7, 11) is 0. The Morgan fingerprint density at radius 2 is 1.64 bits per heavy atom. The van der Waals surface area contributed by atoms with Crippen molar-refractivity contribution in [2.24, 2.45) is 0 Å². The fourth-order valence-corrected chi connectivity index (χ4v) is 4.33. The molecule has 0 bridgehead atoms. The first-order valence-corrected chi connectivity index (χ1v) is 9.23. The molecule has 0 radical (unpaired) electrons. The van der Waals surface area contributed by atoms with Crippen LogP contribution in [0.2, 0.25) is 10.0 Å². The van der Waals surface area contributed by atoms with Gasteiger partial charge in [-0.1, -0.05) is 59.6 Å². The summed E-state index contributed by atoms with van der Waals surface area (Å²) < 4.78 is 0. The molecule has 0 aliphatic rings. The fraction of sp³-hybridized carbons (Fsp3) is 0.0526. The highest BCUT2D eigenvalue weighted by molar-refractivity contribution is 7.19. The van der Waals surface area contributed by atoms with Crippen LogP contribution >= 0.6 is 34.5 Å². The number of anilines is 2. The average Bonchev–Trinajstić information content (AvgIpc) is 2.95. The lowest BCUT2D eigenvalue weighted by Crippen LogP contribution is -1.97. The zero-order chi connectivity index (χ0) is 17.4. The van der Waals surface area contributed by atoms with Gasteiger partial charge in [0.25, 0.3) is 0 Å². The molecular formula is C19H13Cl2N3S. The summed E-state index contributed by atoms with van der Waals surface area (Å²) in [6, 6.07) is 15.7. The molecule has 1 N–H and O–H groups in total. The molecule has 25 heavy (non-hydrogen) atoms. The molecule has 0 atom stereocenters. The van der Waals surface area contributed by atoms with E-state index in [4.69, 9.17) is 23.2 Å². The van der Waals surface area contributed by atoms with E-state index >= 15 is 0 Å². The normalized spacial score (nSPS) is 11.0. The van der Waals surface area contributed by atoms with Crippen LogP contribution in [0, 0.1) is 6.92 Å². The summed E-state index contributed by atoms with van der Waals surface area (Å²) in [6.07, 6.45) is 1.56. The number of thiophene rings is 1. The van der Waals surface area contributed by atoms with E-state index in [0.717, 1.165) is 21.3 Å². The molecule has 0 aliphatic carbocycles. The van der Waals surface area contributed by atoms with Crippen LogP contribution in [0.15, 0.2) is 54.9 Å². The minimum Gasteiger partial charge on any atom is -0.337 e. The molecule has 0 aliphatic heterocycles. The Morgan fingerprint density at radius 1 is 0.920 bits per heavy atom. The van der Waals surface area contributed by atoms with Gasteiger partial charge < -0.3 is 5.32 Å². The number of aromatic nitrogens is 2. The molecule has 4 rings (SSSR count). The van der Waals surface area contributed by atoms with E-state index in [1.165, 1.54) is 4.88 Å². The molecule has 3 nitrogen and oxygen atoms in total. The second-order valence-corrected chi connectivity index (χ2v) is 7.54. The van der Waals surface area contributed by atoms with Crippen LogP contribution in [-0.4, -0.2) is 9.97 Å². The maximum atomic E-state index is 6.30. The van der Waals surface area contributed by atoms with Crippen molar-refractivity contribution in [1.29, 1.82) is 0 Å². The zero-order valence-corrected chi connectivity index (χ0v) is 15.6. The first-order valence-electron chi connectivity index (χ1n) is 7.65. The molecule has 4 aromatic rings. The van der Waals surface area contributed by atoms with Crippen molar-refractivity contribution in [2.45, 2.75) is 6.92 Å². The second-order valence-electron chi connectivity index (χ2n) is 5.52. The molecule has 0 fully saturated rings. The van der Waals surface area contributed by atoms with E-state index in [-0.39, 0.29) is 0 Å². The Hall–Kier alpha value is -2.14. The van der Waals surface area contributed by atoms with E-state index in [0.29, 0.717) is 21.6 Å². The number of hydrogen-bond acceptors (Lipinski definition) is 4. The molecule has 0 saturated heterocycles. The Bertz CT molecular complexity index is 1040. The number of rotatable bonds is 3. The quantitative estimate of drug-likeness (QED) is 0.425. The fourth-order valence-electron chi connectivity index (χ4n) is 2.83. The number of hydrogen-bond donors (Lipinski definition) is 1. The van der Waals surface area contributed by atoms with Crippen molar-refractivity contribution in [1.82, 2.24) is 9.97 Å². The van der Waals surface area contributed by atoms with Gasteiger partial charge in [0.05, 0.1) is 21.1 Å². The Labute approximate surface area is 159 Å². The van der Waals surface area contributed by atoms with Gasteiger partial charge in [0.1, 0.15) is 17.0 Å². The number of nitrogens with one attached hydrogen (secondary N) is 1. The summed E-state index contributed by atoms with van der Waals surface area (Å²) in [4.78, 5) is 11.0. The predicted molar refractivity (Wildman–Crippen MR) is 107 cm³/mol. The highest BCUT2D eigenvalue weighted by Crippen LogP contribution is 2.42. The van der Waals surface area contributed by atoms with Crippen LogP contribution in [0.3, 0.4) is 0 Å². The van der Waals surface area contributed by atoms with Crippen molar-refractivity contribution in [2.75, 3.05) is 5.32 Å². The van der Waals surface area contributed by atoms with Gasteiger partial charge in [-0.05, 0) is 24.6 Å². The third kappa shape index (κ3) is 2.97. The summed E-state index contributed by atoms with van der Waals surface area (Å²) in [5, 5.41) is 5.37. The van der Waals surface area contributed by atoms with Gasteiger partial charge in [-0.25, -0.2) is 9.97 Å². The Balaban J connectivity index is 1.94. The highest BCUT2D eigenvalue weighted by Gasteiger charge is 2.18. The first kappa shape index (κ1) is 16.3. The molecule has 0 saturated carbocycles. The topological polar surface area (TPSA) is 37.8 Å². The molecule has 0 amide bonds. The maximum Gasteiger partial charge on any atom is 0.143 e. The molecule has 0 spiro atoms.